The quantitative estimate of drug-likeness (QED) is 0.609. The number of anilines is 2. The zero-order chi connectivity index (χ0) is 22.8. The molecule has 0 spiro atoms. The number of rotatable bonds is 6. The Kier molecular flexibility index (Phi) is 6.35. The Hall–Kier alpha value is -3.08. The van der Waals surface area contributed by atoms with Crippen molar-refractivity contribution >= 4 is 28.8 Å². The smallest absolute Gasteiger partial charge is 0.282 e. The van der Waals surface area contributed by atoms with Gasteiger partial charge in [0.05, 0.1) is 11.3 Å². The van der Waals surface area contributed by atoms with E-state index < -0.39 is 0 Å². The third kappa shape index (κ3) is 3.92. The molecule has 0 radical (unpaired) electrons. The molecule has 2 aromatic rings. The molecule has 0 aromatic heterocycles. The first-order chi connectivity index (χ1) is 15.5. The van der Waals surface area contributed by atoms with Crippen LogP contribution in [0.2, 0.25) is 0 Å². The maximum Gasteiger partial charge on any atom is 0.282 e. The lowest BCUT2D eigenvalue weighted by molar-refractivity contribution is -0.120. The van der Waals surface area contributed by atoms with E-state index in [4.69, 9.17) is 0 Å². The standard InChI is InChI=1S/C27H33N3O2/c1-5-28(6-2)22-12-14-23(15-13-22)30-26(31)24(21-11-10-19(3)20(4)18-21)25(27(30)32)29-16-8-7-9-17-29/h10-15,18H,5-9,16-17H2,1-4H3. The Balaban J connectivity index is 1.75. The van der Waals surface area contributed by atoms with Gasteiger partial charge in [-0.05, 0) is 87.9 Å². The van der Waals surface area contributed by atoms with Crippen molar-refractivity contribution in [2.45, 2.75) is 47.0 Å². The van der Waals surface area contributed by atoms with Crippen LogP contribution in [0, 0.1) is 13.8 Å². The van der Waals surface area contributed by atoms with Gasteiger partial charge in [-0.2, -0.15) is 0 Å². The topological polar surface area (TPSA) is 43.9 Å². The number of benzene rings is 2. The van der Waals surface area contributed by atoms with Crippen LogP contribution in [0.15, 0.2) is 48.2 Å². The highest BCUT2D eigenvalue weighted by Crippen LogP contribution is 2.36. The summed E-state index contributed by atoms with van der Waals surface area (Å²) < 4.78 is 0. The van der Waals surface area contributed by atoms with Gasteiger partial charge < -0.3 is 9.80 Å². The summed E-state index contributed by atoms with van der Waals surface area (Å²) in [7, 11) is 0. The number of nitrogens with zero attached hydrogens (tertiary/aromatic N) is 3. The minimum atomic E-state index is -0.227. The average Bonchev–Trinajstić information content (AvgIpc) is 3.07. The molecule has 0 bridgehead atoms. The summed E-state index contributed by atoms with van der Waals surface area (Å²) in [5.41, 5.74) is 5.94. The van der Waals surface area contributed by atoms with Crippen LogP contribution in [-0.2, 0) is 9.59 Å². The zero-order valence-electron chi connectivity index (χ0n) is 19.6. The summed E-state index contributed by atoms with van der Waals surface area (Å²) in [5.74, 6) is -0.435. The molecule has 2 aliphatic rings. The molecule has 5 heteroatoms. The normalized spacial score (nSPS) is 16.9. The lowest BCUT2D eigenvalue weighted by Crippen LogP contribution is -2.37. The number of piperidine rings is 1. The van der Waals surface area contributed by atoms with Crippen LogP contribution in [0.4, 0.5) is 11.4 Å². The Bertz CT molecular complexity index is 1050. The Labute approximate surface area is 191 Å². The highest BCUT2D eigenvalue weighted by atomic mass is 16.2. The molecule has 4 rings (SSSR count). The molecule has 5 nitrogen and oxygen atoms in total. The van der Waals surface area contributed by atoms with Gasteiger partial charge in [-0.25, -0.2) is 4.90 Å². The molecule has 168 valence electrons. The lowest BCUT2D eigenvalue weighted by Gasteiger charge is -2.29. The van der Waals surface area contributed by atoms with Gasteiger partial charge in [-0.15, -0.1) is 0 Å². The van der Waals surface area contributed by atoms with Crippen LogP contribution in [0.25, 0.3) is 5.57 Å². The van der Waals surface area contributed by atoms with Gasteiger partial charge in [-0.1, -0.05) is 18.2 Å². The summed E-state index contributed by atoms with van der Waals surface area (Å²) >= 11 is 0. The van der Waals surface area contributed by atoms with E-state index in [2.05, 4.69) is 30.6 Å². The Morgan fingerprint density at radius 1 is 0.812 bits per heavy atom. The summed E-state index contributed by atoms with van der Waals surface area (Å²) in [4.78, 5) is 33.1. The third-order valence-corrected chi connectivity index (χ3v) is 6.76. The molecule has 1 fully saturated rings. The highest BCUT2D eigenvalue weighted by Gasteiger charge is 2.42. The van der Waals surface area contributed by atoms with Crippen molar-refractivity contribution in [1.29, 1.82) is 0 Å². The third-order valence-electron chi connectivity index (χ3n) is 6.76. The first-order valence-corrected chi connectivity index (χ1v) is 11.8. The summed E-state index contributed by atoms with van der Waals surface area (Å²) in [5, 5.41) is 0. The summed E-state index contributed by atoms with van der Waals surface area (Å²) in [6.45, 7) is 11.8. The van der Waals surface area contributed by atoms with E-state index >= 15 is 0 Å². The van der Waals surface area contributed by atoms with Crippen molar-refractivity contribution in [3.05, 3.63) is 64.9 Å². The van der Waals surface area contributed by atoms with E-state index in [9.17, 15) is 9.59 Å². The predicted octanol–water partition coefficient (Wildman–Crippen LogP) is 4.92. The minimum Gasteiger partial charge on any atom is -0.372 e. The number of carbonyl (C=O) groups is 2. The van der Waals surface area contributed by atoms with Crippen molar-refractivity contribution < 1.29 is 9.59 Å². The van der Waals surface area contributed by atoms with Crippen LogP contribution in [-0.4, -0.2) is 42.9 Å². The van der Waals surface area contributed by atoms with Crippen molar-refractivity contribution in [2.24, 2.45) is 0 Å². The highest BCUT2D eigenvalue weighted by molar-refractivity contribution is 6.45. The molecule has 0 N–H and O–H groups in total. The van der Waals surface area contributed by atoms with E-state index in [1.54, 1.807) is 0 Å². The minimum absolute atomic E-state index is 0.208. The van der Waals surface area contributed by atoms with E-state index in [0.717, 1.165) is 55.8 Å². The molecular weight excluding hydrogens is 398 g/mol. The number of hydrogen-bond acceptors (Lipinski definition) is 4. The van der Waals surface area contributed by atoms with Crippen molar-refractivity contribution in [3.63, 3.8) is 0 Å². The number of likely N-dealkylation sites (tertiary alicyclic amines) is 1. The molecule has 0 atom stereocenters. The Morgan fingerprint density at radius 2 is 1.47 bits per heavy atom. The van der Waals surface area contributed by atoms with Crippen LogP contribution >= 0.6 is 0 Å². The maximum atomic E-state index is 13.7. The van der Waals surface area contributed by atoms with E-state index in [0.29, 0.717) is 17.0 Å². The fourth-order valence-corrected chi connectivity index (χ4v) is 4.72. The number of amides is 2. The molecule has 0 unspecified atom stereocenters. The second-order valence-corrected chi connectivity index (χ2v) is 8.70. The van der Waals surface area contributed by atoms with Crippen LogP contribution in [0.5, 0.6) is 0 Å². The summed E-state index contributed by atoms with van der Waals surface area (Å²) in [6, 6.07) is 13.8. The first-order valence-electron chi connectivity index (χ1n) is 11.8. The van der Waals surface area contributed by atoms with Crippen LogP contribution < -0.4 is 9.80 Å². The monoisotopic (exact) mass is 431 g/mol. The fourth-order valence-electron chi connectivity index (χ4n) is 4.72. The van der Waals surface area contributed by atoms with E-state index in [1.807, 2.05) is 49.4 Å². The second kappa shape index (κ2) is 9.19. The van der Waals surface area contributed by atoms with Crippen molar-refractivity contribution in [3.8, 4) is 0 Å². The molecule has 2 aliphatic heterocycles. The van der Waals surface area contributed by atoms with Gasteiger partial charge in [0.2, 0.25) is 0 Å². The predicted molar refractivity (Wildman–Crippen MR) is 131 cm³/mol. The largest absolute Gasteiger partial charge is 0.372 e. The SMILES string of the molecule is CCN(CC)c1ccc(N2C(=O)C(c3ccc(C)c(C)c3)=C(N3CCCCC3)C2=O)cc1. The molecule has 1 saturated heterocycles. The van der Waals surface area contributed by atoms with E-state index in [1.165, 1.54) is 16.9 Å². The van der Waals surface area contributed by atoms with Gasteiger partial charge in [0.15, 0.2) is 0 Å². The van der Waals surface area contributed by atoms with E-state index in [-0.39, 0.29) is 11.8 Å². The molecule has 2 heterocycles. The molecule has 0 aliphatic carbocycles. The fraction of sp³-hybridized carbons (Fsp3) is 0.407. The number of aryl methyl sites for hydroxylation is 2. The number of imide groups is 1. The van der Waals surface area contributed by atoms with Gasteiger partial charge in [0, 0.05) is 31.9 Å². The van der Waals surface area contributed by atoms with Gasteiger partial charge >= 0.3 is 0 Å². The second-order valence-electron chi connectivity index (χ2n) is 8.70. The van der Waals surface area contributed by atoms with Gasteiger partial charge in [-0.3, -0.25) is 9.59 Å². The first kappa shape index (κ1) is 22.1. The van der Waals surface area contributed by atoms with Crippen molar-refractivity contribution in [1.82, 2.24) is 4.90 Å². The average molecular weight is 432 g/mol. The van der Waals surface area contributed by atoms with Gasteiger partial charge in [0.1, 0.15) is 5.70 Å². The lowest BCUT2D eigenvalue weighted by atomic mass is 9.98. The maximum absolute atomic E-state index is 13.7. The van der Waals surface area contributed by atoms with Crippen LogP contribution in [0.3, 0.4) is 0 Å². The van der Waals surface area contributed by atoms with Crippen LogP contribution in [0.1, 0.15) is 49.8 Å². The van der Waals surface area contributed by atoms with Crippen molar-refractivity contribution in [2.75, 3.05) is 36.0 Å². The summed E-state index contributed by atoms with van der Waals surface area (Å²) in [6.07, 6.45) is 3.26. The number of carbonyl (C=O) groups excluding carboxylic acids is 2. The Morgan fingerprint density at radius 3 is 2.06 bits per heavy atom. The molecule has 2 amide bonds. The number of hydrogen-bond donors (Lipinski definition) is 0. The molecular formula is C27H33N3O2. The molecule has 0 saturated carbocycles. The zero-order valence-corrected chi connectivity index (χ0v) is 19.6. The molecule has 32 heavy (non-hydrogen) atoms. The van der Waals surface area contributed by atoms with Gasteiger partial charge in [0.25, 0.3) is 11.8 Å². The molecule has 2 aromatic carbocycles.